The molecule has 2 rings (SSSR count). The highest BCUT2D eigenvalue weighted by Gasteiger charge is 2.34. The molecule has 0 unspecified atom stereocenters. The van der Waals surface area contributed by atoms with Gasteiger partial charge in [0, 0.05) is 23.1 Å². The van der Waals surface area contributed by atoms with Crippen LogP contribution in [0.15, 0.2) is 22.7 Å². The molecule has 1 aliphatic rings. The molecule has 1 heterocycles. The third-order valence-electron chi connectivity index (χ3n) is 2.84. The zero-order chi connectivity index (χ0) is 14.9. The minimum absolute atomic E-state index is 0.0878. The minimum Gasteiger partial charge on any atom is -0.353 e. The highest BCUT2D eigenvalue weighted by atomic mass is 79.9. The molecule has 0 spiro atoms. The van der Waals surface area contributed by atoms with Gasteiger partial charge in [0.1, 0.15) is 0 Å². The largest absolute Gasteiger partial charge is 0.417 e. The van der Waals surface area contributed by atoms with Crippen molar-refractivity contribution in [3.63, 3.8) is 0 Å². The molecule has 1 saturated heterocycles. The topological polar surface area (TPSA) is 49.4 Å². The summed E-state index contributed by atoms with van der Waals surface area (Å²) in [5.74, 6) is -0.907. The van der Waals surface area contributed by atoms with Gasteiger partial charge in [0.2, 0.25) is 5.91 Å². The maximum absolute atomic E-state index is 12.8. The van der Waals surface area contributed by atoms with Gasteiger partial charge in [-0.25, -0.2) is 0 Å². The minimum atomic E-state index is -4.55. The molecule has 1 fully saturated rings. The Morgan fingerprint density at radius 1 is 1.35 bits per heavy atom. The van der Waals surface area contributed by atoms with E-state index in [0.29, 0.717) is 6.54 Å². The molecule has 2 amide bonds. The maximum Gasteiger partial charge on any atom is 0.417 e. The summed E-state index contributed by atoms with van der Waals surface area (Å²) in [6.45, 7) is 0.436. The van der Waals surface area contributed by atoms with Crippen molar-refractivity contribution in [3.05, 3.63) is 33.8 Å². The van der Waals surface area contributed by atoms with Crippen LogP contribution >= 0.6 is 15.9 Å². The second kappa shape index (κ2) is 5.43. The molecule has 20 heavy (non-hydrogen) atoms. The van der Waals surface area contributed by atoms with Gasteiger partial charge in [-0.15, -0.1) is 0 Å². The monoisotopic (exact) mass is 350 g/mol. The van der Waals surface area contributed by atoms with Crippen LogP contribution in [0.25, 0.3) is 0 Å². The van der Waals surface area contributed by atoms with Gasteiger partial charge in [-0.05, 0) is 18.2 Å². The summed E-state index contributed by atoms with van der Waals surface area (Å²) in [6, 6.07) is 3.27. The Bertz CT molecular complexity index is 560. The van der Waals surface area contributed by atoms with Gasteiger partial charge in [-0.3, -0.25) is 9.59 Å². The second-order valence-electron chi connectivity index (χ2n) is 4.27. The van der Waals surface area contributed by atoms with E-state index in [4.69, 9.17) is 0 Å². The number of carbonyl (C=O) groups excluding carboxylic acids is 2. The van der Waals surface area contributed by atoms with Crippen LogP contribution in [-0.4, -0.2) is 36.3 Å². The van der Waals surface area contributed by atoms with Crippen molar-refractivity contribution in [1.82, 2.24) is 10.2 Å². The van der Waals surface area contributed by atoms with E-state index < -0.39 is 17.6 Å². The third kappa shape index (κ3) is 3.12. The number of benzene rings is 1. The van der Waals surface area contributed by atoms with Crippen molar-refractivity contribution in [2.45, 2.75) is 6.18 Å². The third-order valence-corrected chi connectivity index (χ3v) is 3.54. The van der Waals surface area contributed by atoms with Gasteiger partial charge in [-0.1, -0.05) is 15.9 Å². The molecule has 0 radical (unpaired) electrons. The fourth-order valence-electron chi connectivity index (χ4n) is 1.87. The van der Waals surface area contributed by atoms with Crippen molar-refractivity contribution >= 4 is 27.7 Å². The lowest BCUT2D eigenvalue weighted by atomic mass is 10.1. The lowest BCUT2D eigenvalue weighted by Gasteiger charge is -2.27. The van der Waals surface area contributed by atoms with Crippen molar-refractivity contribution in [1.29, 1.82) is 0 Å². The van der Waals surface area contributed by atoms with E-state index in [1.165, 1.54) is 17.0 Å². The first-order valence-corrected chi connectivity index (χ1v) is 6.51. The molecule has 0 aliphatic carbocycles. The van der Waals surface area contributed by atoms with Crippen molar-refractivity contribution in [2.24, 2.45) is 0 Å². The zero-order valence-electron chi connectivity index (χ0n) is 10.1. The Morgan fingerprint density at radius 3 is 2.65 bits per heavy atom. The number of rotatable bonds is 1. The summed E-state index contributed by atoms with van der Waals surface area (Å²) >= 11 is 2.81. The Hall–Kier alpha value is -1.57. The zero-order valence-corrected chi connectivity index (χ0v) is 11.7. The maximum atomic E-state index is 12.8. The molecule has 0 saturated carbocycles. The average Bonchev–Trinajstić information content (AvgIpc) is 2.37. The summed E-state index contributed by atoms with van der Waals surface area (Å²) in [6.07, 6.45) is -4.55. The van der Waals surface area contributed by atoms with E-state index >= 15 is 0 Å². The number of nitrogens with zero attached hydrogens (tertiary/aromatic N) is 1. The first kappa shape index (κ1) is 14.8. The van der Waals surface area contributed by atoms with Gasteiger partial charge >= 0.3 is 6.18 Å². The molecular formula is C12H10BrF3N2O2. The van der Waals surface area contributed by atoms with E-state index in [1.807, 2.05) is 0 Å². The summed E-state index contributed by atoms with van der Waals surface area (Å²) in [4.78, 5) is 24.5. The molecule has 1 N–H and O–H groups in total. The highest BCUT2D eigenvalue weighted by Crippen LogP contribution is 2.35. The van der Waals surface area contributed by atoms with Crippen LogP contribution in [0, 0.1) is 0 Å². The molecule has 4 nitrogen and oxygen atoms in total. The van der Waals surface area contributed by atoms with Crippen LogP contribution in [-0.2, 0) is 11.0 Å². The molecular weight excluding hydrogens is 341 g/mol. The molecule has 0 aromatic heterocycles. The Kier molecular flexibility index (Phi) is 4.03. The van der Waals surface area contributed by atoms with Gasteiger partial charge in [-0.2, -0.15) is 13.2 Å². The summed E-state index contributed by atoms with van der Waals surface area (Å²) in [5.41, 5.74) is -1.000. The molecule has 108 valence electrons. The van der Waals surface area contributed by atoms with Crippen LogP contribution in [0.4, 0.5) is 13.2 Å². The first-order valence-electron chi connectivity index (χ1n) is 5.72. The second-order valence-corrected chi connectivity index (χ2v) is 5.12. The van der Waals surface area contributed by atoms with E-state index in [2.05, 4.69) is 21.2 Å². The van der Waals surface area contributed by atoms with Gasteiger partial charge in [0.05, 0.1) is 12.1 Å². The summed E-state index contributed by atoms with van der Waals surface area (Å²) < 4.78 is 38.2. The lowest BCUT2D eigenvalue weighted by molar-refractivity contribution is -0.138. The van der Waals surface area contributed by atoms with Crippen LogP contribution in [0.2, 0.25) is 0 Å². The number of alkyl halides is 3. The average molecular weight is 351 g/mol. The number of hydrogen-bond donors (Lipinski definition) is 1. The van der Waals surface area contributed by atoms with E-state index in [9.17, 15) is 22.8 Å². The van der Waals surface area contributed by atoms with E-state index in [1.54, 1.807) is 0 Å². The predicted molar refractivity (Wildman–Crippen MR) is 68.1 cm³/mol. The number of carbonyl (C=O) groups is 2. The van der Waals surface area contributed by atoms with Crippen LogP contribution < -0.4 is 5.32 Å². The number of hydrogen-bond acceptors (Lipinski definition) is 2. The number of nitrogens with one attached hydrogen (secondary N) is 1. The molecule has 0 bridgehead atoms. The number of halogens is 4. The van der Waals surface area contributed by atoms with E-state index in [0.717, 1.165) is 6.07 Å². The van der Waals surface area contributed by atoms with E-state index in [-0.39, 0.29) is 29.0 Å². The van der Waals surface area contributed by atoms with Gasteiger partial charge in [0.25, 0.3) is 5.91 Å². The van der Waals surface area contributed by atoms with Crippen molar-refractivity contribution in [3.8, 4) is 0 Å². The Labute approximate surface area is 121 Å². The van der Waals surface area contributed by atoms with Gasteiger partial charge in [0.15, 0.2) is 0 Å². The van der Waals surface area contributed by atoms with Crippen LogP contribution in [0.3, 0.4) is 0 Å². The molecule has 1 aromatic carbocycles. The number of piperazine rings is 1. The molecule has 1 aliphatic heterocycles. The molecule has 0 atom stereocenters. The molecule has 8 heteroatoms. The smallest absolute Gasteiger partial charge is 0.353 e. The lowest BCUT2D eigenvalue weighted by Crippen LogP contribution is -2.50. The standard InChI is InChI=1S/C12H10BrF3N2O2/c13-9-2-1-7(5-8(9)12(14,15)16)11(20)18-4-3-17-10(19)6-18/h1-2,5H,3-4,6H2,(H,17,19). The Balaban J connectivity index is 2.29. The first-order chi connectivity index (χ1) is 9.29. The fourth-order valence-corrected chi connectivity index (χ4v) is 2.34. The Morgan fingerprint density at radius 2 is 2.05 bits per heavy atom. The quantitative estimate of drug-likeness (QED) is 0.842. The fraction of sp³-hybridized carbons (Fsp3) is 0.333. The van der Waals surface area contributed by atoms with Crippen molar-refractivity contribution in [2.75, 3.05) is 19.6 Å². The SMILES string of the molecule is O=C1CN(C(=O)c2ccc(Br)c(C(F)(F)F)c2)CCN1. The van der Waals surface area contributed by atoms with Crippen LogP contribution in [0.1, 0.15) is 15.9 Å². The number of amides is 2. The summed E-state index contributed by atoms with van der Waals surface area (Å²) in [7, 11) is 0. The predicted octanol–water partition coefficient (Wildman–Crippen LogP) is 2.04. The highest BCUT2D eigenvalue weighted by molar-refractivity contribution is 9.10. The normalized spacial score (nSPS) is 16.0. The van der Waals surface area contributed by atoms with Crippen LogP contribution in [0.5, 0.6) is 0 Å². The van der Waals surface area contributed by atoms with Gasteiger partial charge < -0.3 is 10.2 Å². The summed E-state index contributed by atoms with van der Waals surface area (Å²) in [5, 5.41) is 2.54. The van der Waals surface area contributed by atoms with Crippen molar-refractivity contribution < 1.29 is 22.8 Å². The molecule has 1 aromatic rings.